The highest BCUT2D eigenvalue weighted by atomic mass is 127. The van der Waals surface area contributed by atoms with E-state index in [-0.39, 0.29) is 17.4 Å². The highest BCUT2D eigenvalue weighted by Gasteiger charge is 2.32. The highest BCUT2D eigenvalue weighted by Crippen LogP contribution is 2.41. The van der Waals surface area contributed by atoms with Crippen molar-refractivity contribution in [2.45, 2.75) is 25.8 Å². The van der Waals surface area contributed by atoms with Crippen molar-refractivity contribution in [3.8, 4) is 11.5 Å². The molecule has 4 aromatic rings. The van der Waals surface area contributed by atoms with E-state index in [1.54, 1.807) is 22.8 Å². The minimum Gasteiger partial charge on any atom is -0.504 e. The first-order valence-corrected chi connectivity index (χ1v) is 14.8. The Morgan fingerprint density at radius 3 is 2.70 bits per heavy atom. The number of ether oxygens (including phenoxy) is 2. The van der Waals surface area contributed by atoms with E-state index in [1.807, 2.05) is 43.3 Å². The molecule has 7 nitrogen and oxygen atoms in total. The molecular weight excluding hydrogens is 639 g/mol. The van der Waals surface area contributed by atoms with Crippen molar-refractivity contribution < 1.29 is 19.4 Å². The summed E-state index contributed by atoms with van der Waals surface area (Å²) < 4.78 is 13.4. The topological polar surface area (TPSA) is 90.1 Å². The molecule has 202 valence electrons. The van der Waals surface area contributed by atoms with Crippen LogP contribution in [0.5, 0.6) is 11.5 Å². The van der Waals surface area contributed by atoms with E-state index in [0.717, 1.165) is 40.8 Å². The maximum atomic E-state index is 14.0. The minimum atomic E-state index is -0.406. The maximum Gasteiger partial charge on any atom is 0.337 e. The van der Waals surface area contributed by atoms with Gasteiger partial charge in [-0.2, -0.15) is 0 Å². The average molecular weight is 665 g/mol. The fourth-order valence-corrected chi connectivity index (χ4v) is 6.96. The van der Waals surface area contributed by atoms with Crippen molar-refractivity contribution in [2.75, 3.05) is 13.7 Å². The molecule has 0 bridgehead atoms. The van der Waals surface area contributed by atoms with Gasteiger partial charge in [0.25, 0.3) is 5.56 Å². The number of aromatic hydroxyl groups is 1. The molecule has 0 amide bonds. The molecule has 2 aliphatic rings. The van der Waals surface area contributed by atoms with Crippen molar-refractivity contribution in [3.63, 3.8) is 0 Å². The van der Waals surface area contributed by atoms with Crippen molar-refractivity contribution in [2.24, 2.45) is 4.99 Å². The van der Waals surface area contributed by atoms with E-state index in [0.29, 0.717) is 30.8 Å². The Morgan fingerprint density at radius 2 is 1.95 bits per heavy atom. The summed E-state index contributed by atoms with van der Waals surface area (Å²) >= 11 is 3.40. The van der Waals surface area contributed by atoms with E-state index in [2.05, 4.69) is 34.7 Å². The van der Waals surface area contributed by atoms with Gasteiger partial charge in [-0.25, -0.2) is 9.79 Å². The average Bonchev–Trinajstić information content (AvgIpc) is 3.28. The molecule has 1 atom stereocenters. The SMILES string of the molecule is CCOc1cc(/C=c2\sc3n(c2=O)C(c2ccc(C(=O)OC)cc2)C2=C(N=3)c3ccccc3CC2)cc(I)c1O. The van der Waals surface area contributed by atoms with Gasteiger partial charge in [-0.15, -0.1) is 0 Å². The van der Waals surface area contributed by atoms with Gasteiger partial charge in [0.05, 0.1) is 39.1 Å². The van der Waals surface area contributed by atoms with Gasteiger partial charge in [-0.05, 0) is 95.0 Å². The van der Waals surface area contributed by atoms with Crippen LogP contribution < -0.4 is 19.6 Å². The van der Waals surface area contributed by atoms with E-state index >= 15 is 0 Å². The summed E-state index contributed by atoms with van der Waals surface area (Å²) in [6, 6.07) is 18.7. The van der Waals surface area contributed by atoms with Gasteiger partial charge < -0.3 is 14.6 Å². The third-order valence-corrected chi connectivity index (χ3v) is 8.97. The van der Waals surface area contributed by atoms with Crippen molar-refractivity contribution in [1.82, 2.24) is 4.57 Å². The van der Waals surface area contributed by atoms with Gasteiger partial charge in [-0.1, -0.05) is 47.7 Å². The Kier molecular flexibility index (Phi) is 7.09. The number of nitrogens with zero attached hydrogens (tertiary/aromatic N) is 2. The van der Waals surface area contributed by atoms with Crippen LogP contribution in [0.15, 0.2) is 76.0 Å². The lowest BCUT2D eigenvalue weighted by Crippen LogP contribution is -2.38. The molecule has 0 fully saturated rings. The van der Waals surface area contributed by atoms with Crippen molar-refractivity contribution in [1.29, 1.82) is 0 Å². The first-order chi connectivity index (χ1) is 19.4. The molecule has 0 spiro atoms. The summed E-state index contributed by atoms with van der Waals surface area (Å²) in [6.45, 7) is 2.27. The Bertz CT molecular complexity index is 1870. The van der Waals surface area contributed by atoms with Crippen molar-refractivity contribution >= 4 is 51.7 Å². The van der Waals surface area contributed by atoms with E-state index in [4.69, 9.17) is 14.5 Å². The highest BCUT2D eigenvalue weighted by molar-refractivity contribution is 14.1. The molecule has 40 heavy (non-hydrogen) atoms. The Labute approximate surface area is 247 Å². The number of halogens is 1. The first kappa shape index (κ1) is 26.5. The molecule has 6 rings (SSSR count). The normalized spacial score (nSPS) is 16.1. The third-order valence-electron chi connectivity index (χ3n) is 7.17. The van der Waals surface area contributed by atoms with Gasteiger partial charge in [0.15, 0.2) is 16.3 Å². The number of methoxy groups -OCH3 is 1. The zero-order chi connectivity index (χ0) is 28.0. The second kappa shape index (κ2) is 10.7. The van der Waals surface area contributed by atoms with Crippen LogP contribution in [0.4, 0.5) is 0 Å². The van der Waals surface area contributed by atoms with Gasteiger partial charge in [0.2, 0.25) is 0 Å². The van der Waals surface area contributed by atoms with Crippen molar-refractivity contribution in [3.05, 3.63) is 117 Å². The number of thiazole rings is 1. The molecule has 1 aliphatic carbocycles. The molecule has 9 heteroatoms. The Balaban J connectivity index is 1.56. The van der Waals surface area contributed by atoms with Crippen LogP contribution in [0.1, 0.15) is 52.0 Å². The number of carbonyl (C=O) groups excluding carboxylic acids is 1. The third kappa shape index (κ3) is 4.56. The summed E-state index contributed by atoms with van der Waals surface area (Å²) in [7, 11) is 1.36. The number of rotatable bonds is 5. The lowest BCUT2D eigenvalue weighted by Gasteiger charge is -2.30. The number of phenols is 1. The van der Waals surface area contributed by atoms with Gasteiger partial charge in [-0.3, -0.25) is 9.36 Å². The van der Waals surface area contributed by atoms with Crippen LogP contribution in [0.3, 0.4) is 0 Å². The zero-order valence-electron chi connectivity index (χ0n) is 21.8. The number of aromatic nitrogens is 1. The Hall–Kier alpha value is -3.70. The number of allylic oxidation sites excluding steroid dienone is 1. The van der Waals surface area contributed by atoms with Crippen LogP contribution in [-0.4, -0.2) is 29.4 Å². The number of benzene rings is 3. The fourth-order valence-electron chi connectivity index (χ4n) is 5.34. The molecule has 1 aromatic heterocycles. The predicted octanol–water partition coefficient (Wildman–Crippen LogP) is 4.81. The van der Waals surface area contributed by atoms with E-state index < -0.39 is 5.97 Å². The maximum absolute atomic E-state index is 14.0. The lowest BCUT2D eigenvalue weighted by atomic mass is 9.83. The molecule has 0 saturated carbocycles. The Morgan fingerprint density at radius 1 is 1.18 bits per heavy atom. The van der Waals surface area contributed by atoms with Gasteiger partial charge >= 0.3 is 5.97 Å². The number of hydrogen-bond donors (Lipinski definition) is 1. The molecule has 2 heterocycles. The van der Waals surface area contributed by atoms with Crippen LogP contribution >= 0.6 is 33.9 Å². The molecule has 1 aliphatic heterocycles. The predicted molar refractivity (Wildman–Crippen MR) is 163 cm³/mol. The van der Waals surface area contributed by atoms with Gasteiger partial charge in [0.1, 0.15) is 0 Å². The number of aryl methyl sites for hydroxylation is 1. The summed E-state index contributed by atoms with van der Waals surface area (Å²) in [5, 5.41) is 10.4. The summed E-state index contributed by atoms with van der Waals surface area (Å²) in [5.41, 5.74) is 6.30. The monoisotopic (exact) mass is 664 g/mol. The standard InChI is InChI=1S/C31H25IN2O5S/c1-3-39-24-15-17(14-23(32)28(24)35)16-25-29(36)34-27(19-8-10-20(11-9-19)30(37)38-2)22-13-12-18-6-4-5-7-21(18)26(22)33-31(34)40-25/h4-11,14-16,27,35H,3,12-13H2,1-2H3/b25-16-. The van der Waals surface area contributed by atoms with Crippen LogP contribution in [0, 0.1) is 3.57 Å². The summed E-state index contributed by atoms with van der Waals surface area (Å²) in [5.74, 6) is 0.0591. The molecular formula is C31H25IN2O5S. The molecule has 3 aromatic carbocycles. The quantitative estimate of drug-likeness (QED) is 0.245. The van der Waals surface area contributed by atoms with E-state index in [9.17, 15) is 14.7 Å². The molecule has 0 radical (unpaired) electrons. The zero-order valence-corrected chi connectivity index (χ0v) is 24.8. The number of esters is 1. The largest absolute Gasteiger partial charge is 0.504 e. The second-order valence-electron chi connectivity index (χ2n) is 9.51. The lowest BCUT2D eigenvalue weighted by molar-refractivity contribution is 0.0600. The number of hydrogen-bond acceptors (Lipinski definition) is 7. The van der Waals surface area contributed by atoms with Crippen LogP contribution in [0.25, 0.3) is 11.8 Å². The molecule has 1 unspecified atom stereocenters. The first-order valence-electron chi connectivity index (χ1n) is 12.9. The minimum absolute atomic E-state index is 0.0859. The van der Waals surface area contributed by atoms with E-state index in [1.165, 1.54) is 24.0 Å². The molecule has 1 N–H and O–H groups in total. The summed E-state index contributed by atoms with van der Waals surface area (Å²) in [6.07, 6.45) is 3.46. The van der Waals surface area contributed by atoms with Crippen LogP contribution in [-0.2, 0) is 11.2 Å². The number of fused-ring (bicyclic) bond motifs is 3. The second-order valence-corrected chi connectivity index (χ2v) is 11.7. The smallest absolute Gasteiger partial charge is 0.337 e. The fraction of sp³-hybridized carbons (Fsp3) is 0.194. The summed E-state index contributed by atoms with van der Waals surface area (Å²) in [4.78, 5) is 31.7. The molecule has 0 saturated heterocycles. The van der Waals surface area contributed by atoms with Gasteiger partial charge in [0, 0.05) is 5.56 Å². The number of carbonyl (C=O) groups is 1. The van der Waals surface area contributed by atoms with Crippen LogP contribution in [0.2, 0.25) is 0 Å². The number of phenolic OH excluding ortho intramolecular Hbond substituents is 1.